The van der Waals surface area contributed by atoms with E-state index in [9.17, 15) is 4.79 Å². The van der Waals surface area contributed by atoms with Gasteiger partial charge in [0.25, 0.3) is 5.56 Å². The van der Waals surface area contributed by atoms with Gasteiger partial charge in [-0.1, -0.05) is 12.1 Å². The van der Waals surface area contributed by atoms with Gasteiger partial charge in [-0.3, -0.25) is 4.79 Å². The van der Waals surface area contributed by atoms with Crippen LogP contribution in [0.2, 0.25) is 0 Å². The summed E-state index contributed by atoms with van der Waals surface area (Å²) in [5.41, 5.74) is 4.32. The fourth-order valence-corrected chi connectivity index (χ4v) is 5.77. The van der Waals surface area contributed by atoms with Gasteiger partial charge in [-0.05, 0) is 68.2 Å². The summed E-state index contributed by atoms with van der Waals surface area (Å²) in [7, 11) is 2.22. The summed E-state index contributed by atoms with van der Waals surface area (Å²) in [6.07, 6.45) is 7.72. The Kier molecular flexibility index (Phi) is 6.95. The van der Waals surface area contributed by atoms with Crippen molar-refractivity contribution in [1.82, 2.24) is 23.8 Å². The Balaban J connectivity index is 1.09. The van der Waals surface area contributed by atoms with E-state index in [1.807, 2.05) is 28.3 Å². The molecule has 2 aliphatic rings. The Labute approximate surface area is 223 Å². The highest BCUT2D eigenvalue weighted by Crippen LogP contribution is 2.31. The molecule has 196 valence electrons. The maximum absolute atomic E-state index is 13.0. The molecular weight excluding hydrogens is 477 g/mol. The maximum atomic E-state index is 13.0. The first-order valence-corrected chi connectivity index (χ1v) is 13.5. The zero-order valence-electron chi connectivity index (χ0n) is 22.2. The maximum Gasteiger partial charge on any atom is 0.251 e. The Bertz CT molecular complexity index is 1480. The van der Waals surface area contributed by atoms with Gasteiger partial charge >= 0.3 is 0 Å². The van der Waals surface area contributed by atoms with Gasteiger partial charge in [-0.2, -0.15) is 0 Å². The van der Waals surface area contributed by atoms with Crippen LogP contribution in [0.1, 0.15) is 24.0 Å². The minimum Gasteiger partial charge on any atom is -0.486 e. The average Bonchev–Trinajstić information content (AvgIpc) is 3.48. The van der Waals surface area contributed by atoms with Crippen molar-refractivity contribution >= 4 is 18.9 Å². The molecule has 0 saturated carbocycles. The van der Waals surface area contributed by atoms with Gasteiger partial charge in [-0.25, -0.2) is 4.98 Å². The van der Waals surface area contributed by atoms with Crippen LogP contribution >= 0.6 is 0 Å². The molecule has 1 saturated heterocycles. The van der Waals surface area contributed by atoms with E-state index in [1.165, 1.54) is 5.56 Å². The molecule has 9 heteroatoms. The number of likely N-dealkylation sites (tertiary alicyclic amines) is 1. The van der Waals surface area contributed by atoms with Gasteiger partial charge in [0.1, 0.15) is 13.2 Å². The standard InChI is InChI=1S/C29H34BN5O3/c1-21-16-29(36)34(26-18-24(3-4-25(21)26)33-11-8-31-20-33)13-12-32-9-6-23(7-10-32)35(30)19-22-2-5-27-28(17-22)38-15-14-37-27/h2-5,8,11,16-18,20,23H,6-7,9-10,12-15,19,30H2,1H3. The summed E-state index contributed by atoms with van der Waals surface area (Å²) in [5, 5.41) is 1.12. The van der Waals surface area contributed by atoms with Crippen molar-refractivity contribution in [2.24, 2.45) is 0 Å². The Morgan fingerprint density at radius 2 is 1.84 bits per heavy atom. The molecule has 6 rings (SSSR count). The Morgan fingerprint density at radius 1 is 1.03 bits per heavy atom. The number of aromatic nitrogens is 3. The number of piperidine rings is 1. The first kappa shape index (κ1) is 24.8. The van der Waals surface area contributed by atoms with E-state index in [0.29, 0.717) is 25.8 Å². The number of ether oxygens (including phenoxy) is 2. The van der Waals surface area contributed by atoms with E-state index in [4.69, 9.17) is 9.47 Å². The second kappa shape index (κ2) is 10.7. The number of imidazole rings is 1. The van der Waals surface area contributed by atoms with Gasteiger partial charge in [0.2, 0.25) is 0 Å². The number of fused-ring (bicyclic) bond motifs is 2. The molecule has 1 fully saturated rings. The molecule has 0 N–H and O–H groups in total. The molecule has 4 heterocycles. The normalized spacial score (nSPS) is 16.4. The number of benzene rings is 2. The number of hydrogen-bond acceptors (Lipinski definition) is 6. The quantitative estimate of drug-likeness (QED) is 0.356. The molecule has 0 radical (unpaired) electrons. The van der Waals surface area contributed by atoms with Gasteiger partial charge < -0.3 is 28.3 Å². The molecule has 4 aromatic rings. The van der Waals surface area contributed by atoms with Crippen LogP contribution in [0.25, 0.3) is 16.6 Å². The van der Waals surface area contributed by atoms with Crippen molar-refractivity contribution in [1.29, 1.82) is 0 Å². The summed E-state index contributed by atoms with van der Waals surface area (Å²) in [4.78, 5) is 22.1. The summed E-state index contributed by atoms with van der Waals surface area (Å²) < 4.78 is 15.3. The van der Waals surface area contributed by atoms with Crippen molar-refractivity contribution in [3.63, 3.8) is 0 Å². The van der Waals surface area contributed by atoms with E-state index < -0.39 is 0 Å². The molecule has 0 aliphatic carbocycles. The lowest BCUT2D eigenvalue weighted by molar-refractivity contribution is 0.153. The van der Waals surface area contributed by atoms with Gasteiger partial charge in [-0.15, -0.1) is 0 Å². The lowest BCUT2D eigenvalue weighted by Crippen LogP contribution is -2.44. The zero-order valence-corrected chi connectivity index (χ0v) is 22.2. The second-order valence-corrected chi connectivity index (χ2v) is 10.5. The molecule has 2 aromatic heterocycles. The van der Waals surface area contributed by atoms with Crippen molar-refractivity contribution in [3.05, 3.63) is 82.7 Å². The average molecular weight is 511 g/mol. The lowest BCUT2D eigenvalue weighted by atomic mass is 9.99. The van der Waals surface area contributed by atoms with E-state index in [2.05, 4.69) is 53.0 Å². The predicted molar refractivity (Wildman–Crippen MR) is 151 cm³/mol. The fourth-order valence-electron chi connectivity index (χ4n) is 5.77. The minimum absolute atomic E-state index is 0.0619. The van der Waals surface area contributed by atoms with Gasteiger partial charge in [0, 0.05) is 55.2 Å². The summed E-state index contributed by atoms with van der Waals surface area (Å²) in [5.74, 6) is 1.70. The highest BCUT2D eigenvalue weighted by atomic mass is 16.6. The summed E-state index contributed by atoms with van der Waals surface area (Å²) in [6.45, 7) is 7.76. The molecule has 2 aliphatic heterocycles. The molecule has 0 amide bonds. The number of rotatable bonds is 7. The van der Waals surface area contributed by atoms with Crippen LogP contribution < -0.4 is 15.0 Å². The lowest BCUT2D eigenvalue weighted by Gasteiger charge is -2.37. The molecule has 8 nitrogen and oxygen atoms in total. The SMILES string of the molecule is BN(Cc1ccc2c(c1)OCCO2)C1CCN(CCn2c(=O)cc(C)c3ccc(-n4ccnc4)cc32)CC1. The number of aryl methyl sites for hydroxylation is 1. The molecule has 0 bridgehead atoms. The first-order chi connectivity index (χ1) is 18.5. The molecule has 0 spiro atoms. The Hall–Kier alpha value is -3.56. The monoisotopic (exact) mass is 511 g/mol. The number of nitrogens with zero attached hydrogens (tertiary/aromatic N) is 5. The van der Waals surface area contributed by atoms with Crippen molar-refractivity contribution in [2.45, 2.75) is 38.9 Å². The van der Waals surface area contributed by atoms with Crippen LogP contribution in [0.3, 0.4) is 0 Å². The van der Waals surface area contributed by atoms with Crippen LogP contribution in [0, 0.1) is 6.92 Å². The number of hydrogen-bond donors (Lipinski definition) is 0. The van der Waals surface area contributed by atoms with Crippen molar-refractivity contribution in [2.75, 3.05) is 32.8 Å². The van der Waals surface area contributed by atoms with E-state index in [1.54, 1.807) is 18.6 Å². The largest absolute Gasteiger partial charge is 0.486 e. The first-order valence-electron chi connectivity index (χ1n) is 13.5. The van der Waals surface area contributed by atoms with Gasteiger partial charge in [0.05, 0.1) is 11.8 Å². The smallest absolute Gasteiger partial charge is 0.251 e. The van der Waals surface area contributed by atoms with Crippen molar-refractivity contribution < 1.29 is 9.47 Å². The van der Waals surface area contributed by atoms with E-state index in [0.717, 1.165) is 72.7 Å². The second-order valence-electron chi connectivity index (χ2n) is 10.5. The van der Waals surface area contributed by atoms with Crippen LogP contribution in [-0.2, 0) is 13.1 Å². The van der Waals surface area contributed by atoms with E-state index >= 15 is 0 Å². The van der Waals surface area contributed by atoms with E-state index in [-0.39, 0.29) is 5.56 Å². The minimum atomic E-state index is 0.0619. The van der Waals surface area contributed by atoms with Crippen LogP contribution in [0.15, 0.2) is 66.0 Å². The number of pyridine rings is 1. The third-order valence-corrected chi connectivity index (χ3v) is 7.96. The fraction of sp³-hybridized carbons (Fsp3) is 0.379. The molecule has 38 heavy (non-hydrogen) atoms. The molecule has 0 atom stereocenters. The van der Waals surface area contributed by atoms with Crippen LogP contribution in [-0.4, -0.2) is 70.7 Å². The third-order valence-electron chi connectivity index (χ3n) is 7.96. The molecule has 2 aromatic carbocycles. The third kappa shape index (κ3) is 5.08. The highest BCUT2D eigenvalue weighted by Gasteiger charge is 2.23. The summed E-state index contributed by atoms with van der Waals surface area (Å²) >= 11 is 0. The molecule has 0 unspecified atom stereocenters. The summed E-state index contributed by atoms with van der Waals surface area (Å²) in [6, 6.07) is 14.9. The molecular formula is C29H34BN5O3. The predicted octanol–water partition coefficient (Wildman–Crippen LogP) is 2.78. The van der Waals surface area contributed by atoms with Crippen LogP contribution in [0.5, 0.6) is 11.5 Å². The topological polar surface area (TPSA) is 64.8 Å². The zero-order chi connectivity index (χ0) is 26.1. The van der Waals surface area contributed by atoms with Crippen molar-refractivity contribution in [3.8, 4) is 17.2 Å². The Morgan fingerprint density at radius 3 is 2.63 bits per heavy atom. The van der Waals surface area contributed by atoms with Gasteiger partial charge in [0.15, 0.2) is 19.5 Å². The van der Waals surface area contributed by atoms with Crippen LogP contribution in [0.4, 0.5) is 0 Å². The highest BCUT2D eigenvalue weighted by molar-refractivity contribution is 6.04.